The van der Waals surface area contributed by atoms with Crippen molar-refractivity contribution < 1.29 is 31.5 Å². The maximum atomic E-state index is 13.5. The molecule has 0 bridgehead atoms. The molecule has 32 heavy (non-hydrogen) atoms. The Kier molecular flexibility index (Phi) is 11.4. The summed E-state index contributed by atoms with van der Waals surface area (Å²) in [5.41, 5.74) is 1.32. The molecule has 2 rings (SSSR count). The standard InChI is InChI=1S/C23H30F4NO3P/c24-21-12-9-18(10-13-21)6-3-1-2-4-7-20-11-8-19(16-22(20)23(25,26)27)17-28-14-5-15-31-32(29)30/h8-13,16,28,32H,1-7,14-15,17H2,(H,29,30). The van der Waals surface area contributed by atoms with Crippen LogP contribution in [0.15, 0.2) is 42.5 Å². The van der Waals surface area contributed by atoms with Crippen molar-refractivity contribution in [3.05, 3.63) is 70.5 Å². The maximum absolute atomic E-state index is 13.5. The summed E-state index contributed by atoms with van der Waals surface area (Å²) in [6.07, 6.45) is 0.635. The fraction of sp³-hybridized carbons (Fsp3) is 0.478. The Hall–Kier alpha value is -1.73. The lowest BCUT2D eigenvalue weighted by Gasteiger charge is -2.15. The van der Waals surface area contributed by atoms with Gasteiger partial charge in [0.1, 0.15) is 5.82 Å². The van der Waals surface area contributed by atoms with Crippen LogP contribution in [0.4, 0.5) is 17.6 Å². The Morgan fingerprint density at radius 2 is 1.56 bits per heavy atom. The van der Waals surface area contributed by atoms with Crippen LogP contribution in [0.3, 0.4) is 0 Å². The van der Waals surface area contributed by atoms with Gasteiger partial charge in [0.25, 0.3) is 0 Å². The Bertz CT molecular complexity index is 844. The van der Waals surface area contributed by atoms with Crippen molar-refractivity contribution in [2.45, 2.75) is 57.7 Å². The fourth-order valence-corrected chi connectivity index (χ4v) is 3.77. The molecule has 4 nitrogen and oxygen atoms in total. The number of benzene rings is 2. The van der Waals surface area contributed by atoms with Crippen molar-refractivity contribution in [3.63, 3.8) is 0 Å². The lowest BCUT2D eigenvalue weighted by atomic mass is 9.97. The van der Waals surface area contributed by atoms with E-state index < -0.39 is 20.0 Å². The molecule has 0 fully saturated rings. The molecule has 0 heterocycles. The van der Waals surface area contributed by atoms with Gasteiger partial charge in [0, 0.05) is 6.54 Å². The van der Waals surface area contributed by atoms with Crippen molar-refractivity contribution >= 4 is 8.25 Å². The fourth-order valence-electron chi connectivity index (χ4n) is 3.45. The topological polar surface area (TPSA) is 58.6 Å². The monoisotopic (exact) mass is 475 g/mol. The molecule has 0 radical (unpaired) electrons. The van der Waals surface area contributed by atoms with E-state index in [4.69, 9.17) is 4.89 Å². The molecule has 1 atom stereocenters. The highest BCUT2D eigenvalue weighted by Crippen LogP contribution is 2.33. The van der Waals surface area contributed by atoms with Gasteiger partial charge in [-0.15, -0.1) is 0 Å². The molecule has 0 saturated heterocycles. The predicted molar refractivity (Wildman–Crippen MR) is 117 cm³/mol. The smallest absolute Gasteiger partial charge is 0.326 e. The van der Waals surface area contributed by atoms with E-state index in [1.54, 1.807) is 24.3 Å². The van der Waals surface area contributed by atoms with Gasteiger partial charge in [-0.05, 0) is 73.5 Å². The molecule has 0 saturated carbocycles. The second-order valence-corrected chi connectivity index (χ2v) is 8.50. The number of rotatable bonds is 14. The van der Waals surface area contributed by atoms with E-state index in [1.807, 2.05) is 0 Å². The molecule has 0 aromatic heterocycles. The van der Waals surface area contributed by atoms with E-state index in [1.165, 1.54) is 18.2 Å². The molecule has 2 aromatic rings. The second-order valence-electron chi connectivity index (χ2n) is 7.67. The third-order valence-corrected chi connectivity index (χ3v) is 5.56. The molecular weight excluding hydrogens is 445 g/mol. The normalized spacial score (nSPS) is 12.8. The summed E-state index contributed by atoms with van der Waals surface area (Å²) in [5, 5.41) is 3.02. The van der Waals surface area contributed by atoms with Gasteiger partial charge in [0.05, 0.1) is 12.2 Å². The van der Waals surface area contributed by atoms with Crippen LogP contribution in [0.5, 0.6) is 0 Å². The zero-order valence-corrected chi connectivity index (χ0v) is 18.9. The van der Waals surface area contributed by atoms with Crippen LogP contribution in [0.2, 0.25) is 0 Å². The highest BCUT2D eigenvalue weighted by molar-refractivity contribution is 7.32. The lowest BCUT2D eigenvalue weighted by Crippen LogP contribution is -2.17. The van der Waals surface area contributed by atoms with Crippen molar-refractivity contribution in [1.82, 2.24) is 5.32 Å². The largest absolute Gasteiger partial charge is 0.416 e. The van der Waals surface area contributed by atoms with Crippen molar-refractivity contribution in [1.29, 1.82) is 0 Å². The van der Waals surface area contributed by atoms with E-state index >= 15 is 0 Å². The second kappa shape index (κ2) is 13.7. The summed E-state index contributed by atoms with van der Waals surface area (Å²) in [4.78, 5) is 8.57. The summed E-state index contributed by atoms with van der Waals surface area (Å²) in [6.45, 7) is 0.870. The van der Waals surface area contributed by atoms with Gasteiger partial charge in [-0.1, -0.05) is 37.1 Å². The Labute approximate surface area is 187 Å². The first-order valence-electron chi connectivity index (χ1n) is 10.8. The van der Waals surface area contributed by atoms with E-state index in [9.17, 15) is 22.1 Å². The van der Waals surface area contributed by atoms with Gasteiger partial charge < -0.3 is 14.7 Å². The van der Waals surface area contributed by atoms with E-state index in [0.717, 1.165) is 31.2 Å². The highest BCUT2D eigenvalue weighted by atomic mass is 31.1. The van der Waals surface area contributed by atoms with Crippen LogP contribution < -0.4 is 5.32 Å². The number of hydrogen-bond donors (Lipinski definition) is 2. The average molecular weight is 475 g/mol. The first-order chi connectivity index (χ1) is 15.3. The van der Waals surface area contributed by atoms with Crippen molar-refractivity contribution in [2.24, 2.45) is 0 Å². The zero-order valence-electron chi connectivity index (χ0n) is 17.9. The van der Waals surface area contributed by atoms with Gasteiger partial charge in [-0.3, -0.25) is 4.57 Å². The Morgan fingerprint density at radius 1 is 0.906 bits per heavy atom. The quantitative estimate of drug-likeness (QED) is 0.198. The number of halogens is 4. The van der Waals surface area contributed by atoms with E-state index in [-0.39, 0.29) is 19.0 Å². The number of alkyl halides is 3. The molecular formula is C23H30F4NO3P. The zero-order chi connectivity index (χ0) is 23.4. The number of hydrogen-bond acceptors (Lipinski definition) is 3. The summed E-state index contributed by atoms with van der Waals surface area (Å²) in [6, 6.07) is 10.8. The van der Waals surface area contributed by atoms with Gasteiger partial charge in [-0.25, -0.2) is 4.39 Å². The van der Waals surface area contributed by atoms with E-state index in [2.05, 4.69) is 9.84 Å². The highest BCUT2D eigenvalue weighted by Gasteiger charge is 2.33. The van der Waals surface area contributed by atoms with Crippen molar-refractivity contribution in [2.75, 3.05) is 13.2 Å². The summed E-state index contributed by atoms with van der Waals surface area (Å²) in [7, 11) is -2.94. The first kappa shape index (κ1) is 26.5. The minimum Gasteiger partial charge on any atom is -0.326 e. The third kappa shape index (κ3) is 10.3. The van der Waals surface area contributed by atoms with Gasteiger partial charge >= 0.3 is 14.4 Å². The van der Waals surface area contributed by atoms with Crippen LogP contribution in [0.1, 0.15) is 54.4 Å². The van der Waals surface area contributed by atoms with Crippen molar-refractivity contribution in [3.8, 4) is 0 Å². The molecule has 1 unspecified atom stereocenters. The van der Waals surface area contributed by atoms with Crippen LogP contribution >= 0.6 is 8.25 Å². The number of unbranched alkanes of at least 4 members (excludes halogenated alkanes) is 3. The molecule has 0 amide bonds. The minimum atomic E-state index is -4.41. The third-order valence-electron chi connectivity index (χ3n) is 5.11. The molecule has 0 aliphatic carbocycles. The molecule has 0 spiro atoms. The van der Waals surface area contributed by atoms with Gasteiger partial charge in [0.2, 0.25) is 0 Å². The summed E-state index contributed by atoms with van der Waals surface area (Å²) >= 11 is 0. The molecule has 2 aromatic carbocycles. The molecule has 2 N–H and O–H groups in total. The molecule has 178 valence electrons. The van der Waals surface area contributed by atoms with Gasteiger partial charge in [0.15, 0.2) is 0 Å². The van der Waals surface area contributed by atoms with Crippen LogP contribution in [0.25, 0.3) is 0 Å². The molecule has 9 heteroatoms. The first-order valence-corrected chi connectivity index (χ1v) is 12.0. The number of nitrogens with one attached hydrogen (secondary N) is 1. The van der Waals surface area contributed by atoms with Crippen LogP contribution in [-0.2, 0) is 34.7 Å². The van der Waals surface area contributed by atoms with E-state index in [0.29, 0.717) is 36.9 Å². The maximum Gasteiger partial charge on any atom is 0.416 e. The van der Waals surface area contributed by atoms with Crippen LogP contribution in [-0.4, -0.2) is 18.0 Å². The molecule has 0 aliphatic rings. The molecule has 0 aliphatic heterocycles. The van der Waals surface area contributed by atoms with Gasteiger partial charge in [-0.2, -0.15) is 13.2 Å². The Morgan fingerprint density at radius 3 is 2.22 bits per heavy atom. The Balaban J connectivity index is 1.76. The van der Waals surface area contributed by atoms with Crippen LogP contribution in [0, 0.1) is 5.82 Å². The SMILES string of the molecule is O=[PH](O)OCCCNCc1ccc(CCCCCCc2ccc(F)cc2)c(C(F)(F)F)c1. The summed E-state index contributed by atoms with van der Waals surface area (Å²) < 4.78 is 68.5. The summed E-state index contributed by atoms with van der Waals surface area (Å²) in [5.74, 6) is -0.261. The minimum absolute atomic E-state index is 0.123. The average Bonchev–Trinajstić information content (AvgIpc) is 2.74. The lowest BCUT2D eigenvalue weighted by molar-refractivity contribution is -0.138. The predicted octanol–water partition coefficient (Wildman–Crippen LogP) is 6.07. The number of aryl methyl sites for hydroxylation is 2.